The van der Waals surface area contributed by atoms with E-state index < -0.39 is 0 Å². The lowest BCUT2D eigenvalue weighted by atomic mass is 10.0. The maximum atomic E-state index is 12.7. The first-order chi connectivity index (χ1) is 12.2. The molecule has 0 unspecified atom stereocenters. The van der Waals surface area contributed by atoms with Gasteiger partial charge < -0.3 is 9.64 Å². The molecule has 1 amide bonds. The molecule has 0 spiro atoms. The number of nitrogens with one attached hydrogen (secondary N) is 1. The average molecular weight is 340 g/mol. The van der Waals surface area contributed by atoms with E-state index in [1.807, 2.05) is 11.8 Å². The summed E-state index contributed by atoms with van der Waals surface area (Å²) in [6.07, 6.45) is 4.56. The van der Waals surface area contributed by atoms with Gasteiger partial charge in [0.15, 0.2) is 5.82 Å². The van der Waals surface area contributed by atoms with E-state index in [1.165, 1.54) is 24.0 Å². The number of amides is 1. The lowest BCUT2D eigenvalue weighted by Gasteiger charge is -2.31. The van der Waals surface area contributed by atoms with Crippen LogP contribution in [-0.2, 0) is 35.2 Å². The minimum atomic E-state index is -0.241. The number of carbonyl (C=O) groups excluding carboxylic acids is 1. The fraction of sp³-hybridized carbons (Fsp3) is 0.526. The van der Waals surface area contributed by atoms with E-state index in [9.17, 15) is 4.79 Å². The van der Waals surface area contributed by atoms with E-state index in [1.54, 1.807) is 0 Å². The van der Waals surface area contributed by atoms with Gasteiger partial charge in [-0.25, -0.2) is 4.98 Å². The molecule has 1 fully saturated rings. The monoisotopic (exact) mass is 340 g/mol. The first kappa shape index (κ1) is 16.3. The maximum Gasteiger partial charge on any atom is 0.227 e. The molecule has 1 N–H and O–H groups in total. The number of aromatic amines is 1. The van der Waals surface area contributed by atoms with Crippen molar-refractivity contribution < 1.29 is 9.53 Å². The number of ether oxygens (including phenoxy) is 1. The summed E-state index contributed by atoms with van der Waals surface area (Å²) in [6, 6.07) is 6.50. The second kappa shape index (κ2) is 6.96. The lowest BCUT2D eigenvalue weighted by Crippen LogP contribution is -2.43. The summed E-state index contributed by atoms with van der Waals surface area (Å²) < 4.78 is 5.77. The Labute approximate surface area is 147 Å². The first-order valence-corrected chi connectivity index (χ1v) is 9.14. The van der Waals surface area contributed by atoms with Crippen LogP contribution in [0.3, 0.4) is 0 Å². The highest BCUT2D eigenvalue weighted by atomic mass is 16.5. The molecule has 0 radical (unpaired) electrons. The highest BCUT2D eigenvalue weighted by molar-refractivity contribution is 5.79. The van der Waals surface area contributed by atoms with Crippen molar-refractivity contribution in [1.29, 1.82) is 0 Å². The number of morpholine rings is 1. The first-order valence-electron chi connectivity index (χ1n) is 9.14. The van der Waals surface area contributed by atoms with Crippen LogP contribution in [0.25, 0.3) is 0 Å². The molecule has 1 aliphatic carbocycles. The molecule has 1 atom stereocenters. The number of aromatic nitrogens is 3. The molecule has 25 heavy (non-hydrogen) atoms. The van der Waals surface area contributed by atoms with Crippen molar-refractivity contribution in [1.82, 2.24) is 20.1 Å². The van der Waals surface area contributed by atoms with Crippen LogP contribution in [0.2, 0.25) is 0 Å². The van der Waals surface area contributed by atoms with Crippen LogP contribution in [0, 0.1) is 0 Å². The number of carbonyl (C=O) groups is 1. The number of hydrogen-bond acceptors (Lipinski definition) is 4. The largest absolute Gasteiger partial charge is 0.366 e. The van der Waals surface area contributed by atoms with E-state index in [4.69, 9.17) is 4.74 Å². The molecule has 6 nitrogen and oxygen atoms in total. The Balaban J connectivity index is 1.41. The molecule has 2 heterocycles. The summed E-state index contributed by atoms with van der Waals surface area (Å²) in [7, 11) is 0. The van der Waals surface area contributed by atoms with E-state index in [-0.39, 0.29) is 12.0 Å². The Hall–Kier alpha value is -2.21. The van der Waals surface area contributed by atoms with Crippen LogP contribution in [-0.4, -0.2) is 45.7 Å². The minimum absolute atomic E-state index is 0.150. The number of H-pyrrole nitrogens is 1. The second-order valence-corrected chi connectivity index (χ2v) is 6.83. The quantitative estimate of drug-likeness (QED) is 0.924. The van der Waals surface area contributed by atoms with Crippen LogP contribution in [0.1, 0.15) is 47.8 Å². The number of hydrogen-bond donors (Lipinski definition) is 1. The van der Waals surface area contributed by atoms with Gasteiger partial charge in [0, 0.05) is 13.0 Å². The molecule has 6 heteroatoms. The van der Waals surface area contributed by atoms with Gasteiger partial charge in [0.25, 0.3) is 0 Å². The van der Waals surface area contributed by atoms with E-state index in [0.717, 1.165) is 24.2 Å². The molecule has 1 aromatic heterocycles. The number of fused-ring (bicyclic) bond motifs is 1. The van der Waals surface area contributed by atoms with Crippen LogP contribution in [0.5, 0.6) is 0 Å². The zero-order valence-electron chi connectivity index (χ0n) is 14.6. The Morgan fingerprint density at radius 2 is 2.24 bits per heavy atom. The van der Waals surface area contributed by atoms with Gasteiger partial charge in [-0.15, -0.1) is 0 Å². The van der Waals surface area contributed by atoms with Gasteiger partial charge in [0.1, 0.15) is 11.9 Å². The Bertz CT molecular complexity index is 771. The molecule has 132 valence electrons. The molecule has 1 aromatic carbocycles. The predicted octanol–water partition coefficient (Wildman–Crippen LogP) is 2.00. The van der Waals surface area contributed by atoms with Crippen LogP contribution in [0.4, 0.5) is 0 Å². The van der Waals surface area contributed by atoms with Crippen molar-refractivity contribution >= 4 is 5.91 Å². The Morgan fingerprint density at radius 1 is 1.36 bits per heavy atom. The third-order valence-corrected chi connectivity index (χ3v) is 5.11. The molecular formula is C19H24N4O2. The molecule has 1 saturated heterocycles. The molecule has 1 aliphatic heterocycles. The maximum absolute atomic E-state index is 12.7. The van der Waals surface area contributed by atoms with Gasteiger partial charge >= 0.3 is 0 Å². The molecule has 0 saturated carbocycles. The van der Waals surface area contributed by atoms with E-state index >= 15 is 0 Å². The SMILES string of the molecule is CCc1nc([C@@H]2CN(C(=O)Cc3ccc4c(c3)CCC4)CCO2)n[nH]1. The van der Waals surface area contributed by atoms with Gasteiger partial charge in [0.2, 0.25) is 5.91 Å². The second-order valence-electron chi connectivity index (χ2n) is 6.83. The summed E-state index contributed by atoms with van der Waals surface area (Å²) >= 11 is 0. The zero-order chi connectivity index (χ0) is 17.2. The van der Waals surface area contributed by atoms with Crippen molar-refractivity contribution in [2.45, 2.75) is 45.1 Å². The van der Waals surface area contributed by atoms with Gasteiger partial charge in [-0.05, 0) is 36.0 Å². The van der Waals surface area contributed by atoms with Gasteiger partial charge in [-0.3, -0.25) is 9.89 Å². The van der Waals surface area contributed by atoms with Crippen molar-refractivity contribution in [2.75, 3.05) is 19.7 Å². The van der Waals surface area contributed by atoms with Crippen molar-refractivity contribution in [3.63, 3.8) is 0 Å². The predicted molar refractivity (Wildman–Crippen MR) is 93.2 cm³/mol. The lowest BCUT2D eigenvalue weighted by molar-refractivity contribution is -0.138. The summed E-state index contributed by atoms with van der Waals surface area (Å²) in [5.74, 6) is 1.64. The fourth-order valence-corrected chi connectivity index (χ4v) is 3.67. The molecular weight excluding hydrogens is 316 g/mol. The minimum Gasteiger partial charge on any atom is -0.366 e. The molecule has 0 bridgehead atoms. The van der Waals surface area contributed by atoms with Crippen LogP contribution >= 0.6 is 0 Å². The zero-order valence-corrected chi connectivity index (χ0v) is 14.6. The number of aryl methyl sites for hydroxylation is 3. The van der Waals surface area contributed by atoms with E-state index in [0.29, 0.717) is 31.9 Å². The standard InChI is InChI=1S/C19H24N4O2/c1-2-17-20-19(22-21-17)16-12-23(8-9-25-16)18(24)11-13-6-7-14-4-3-5-15(14)10-13/h6-7,10,16H,2-5,8-9,11-12H2,1H3,(H,20,21,22)/t16-/m0/s1. The highest BCUT2D eigenvalue weighted by Crippen LogP contribution is 2.24. The fourth-order valence-electron chi connectivity index (χ4n) is 3.67. The molecule has 2 aromatic rings. The van der Waals surface area contributed by atoms with E-state index in [2.05, 4.69) is 33.4 Å². The summed E-state index contributed by atoms with van der Waals surface area (Å²) in [6.45, 7) is 3.70. The number of benzene rings is 1. The Morgan fingerprint density at radius 3 is 3.08 bits per heavy atom. The summed E-state index contributed by atoms with van der Waals surface area (Å²) in [4.78, 5) is 19.0. The molecule has 2 aliphatic rings. The molecule has 4 rings (SSSR count). The normalized spacial score (nSPS) is 19.9. The number of rotatable bonds is 4. The highest BCUT2D eigenvalue weighted by Gasteiger charge is 2.28. The average Bonchev–Trinajstić information content (AvgIpc) is 3.30. The van der Waals surface area contributed by atoms with Crippen molar-refractivity contribution in [3.8, 4) is 0 Å². The summed E-state index contributed by atoms with van der Waals surface area (Å²) in [5.41, 5.74) is 3.97. The van der Waals surface area contributed by atoms with Gasteiger partial charge in [-0.1, -0.05) is 25.1 Å². The third kappa shape index (κ3) is 3.44. The van der Waals surface area contributed by atoms with Gasteiger partial charge in [-0.2, -0.15) is 5.10 Å². The van der Waals surface area contributed by atoms with Crippen LogP contribution in [0.15, 0.2) is 18.2 Å². The van der Waals surface area contributed by atoms with Crippen molar-refractivity contribution in [3.05, 3.63) is 46.5 Å². The third-order valence-electron chi connectivity index (χ3n) is 5.11. The van der Waals surface area contributed by atoms with Gasteiger partial charge in [0.05, 0.1) is 19.6 Å². The topological polar surface area (TPSA) is 71.1 Å². The van der Waals surface area contributed by atoms with Crippen LogP contribution < -0.4 is 0 Å². The number of nitrogens with zero attached hydrogens (tertiary/aromatic N) is 3. The summed E-state index contributed by atoms with van der Waals surface area (Å²) in [5, 5.41) is 7.14. The smallest absolute Gasteiger partial charge is 0.227 e. The Kier molecular flexibility index (Phi) is 4.53. The van der Waals surface area contributed by atoms with Crippen molar-refractivity contribution in [2.24, 2.45) is 0 Å².